The van der Waals surface area contributed by atoms with Gasteiger partial charge in [0.2, 0.25) is 0 Å². The van der Waals surface area contributed by atoms with Crippen molar-refractivity contribution in [3.8, 4) is 0 Å². The molecule has 1 aromatic heterocycles. The van der Waals surface area contributed by atoms with Gasteiger partial charge in [0, 0.05) is 25.0 Å². The van der Waals surface area contributed by atoms with Gasteiger partial charge in [0.25, 0.3) is 11.8 Å². The van der Waals surface area contributed by atoms with E-state index in [4.69, 9.17) is 0 Å². The fourth-order valence-corrected chi connectivity index (χ4v) is 3.45. The average Bonchev–Trinajstić information content (AvgIpc) is 2.72. The molecule has 0 unspecified atom stereocenters. The first-order valence-corrected chi connectivity index (χ1v) is 9.80. The Morgan fingerprint density at radius 3 is 2.41 bits per heavy atom. The Morgan fingerprint density at radius 1 is 0.963 bits per heavy atom. The Morgan fingerprint density at radius 2 is 1.67 bits per heavy atom. The van der Waals surface area contributed by atoms with Crippen LogP contribution in [0.2, 0.25) is 0 Å². The first kappa shape index (κ1) is 19.1. The molecule has 1 saturated carbocycles. The lowest BCUT2D eigenvalue weighted by Gasteiger charge is -2.22. The first-order valence-electron chi connectivity index (χ1n) is 9.80. The number of pyridine rings is 1. The Labute approximate surface area is 160 Å². The Balaban J connectivity index is 1.48. The maximum absolute atomic E-state index is 12.4. The monoisotopic (exact) mass is 365 g/mol. The average molecular weight is 365 g/mol. The number of aryl methyl sites for hydroxylation is 1. The predicted octanol–water partition coefficient (Wildman–Crippen LogP) is 3.51. The number of amides is 2. The van der Waals surface area contributed by atoms with E-state index in [1.165, 1.54) is 24.4 Å². The molecule has 0 atom stereocenters. The molecule has 1 aliphatic carbocycles. The highest BCUT2D eigenvalue weighted by Gasteiger charge is 2.17. The fourth-order valence-electron chi connectivity index (χ4n) is 3.45. The quantitative estimate of drug-likeness (QED) is 0.738. The summed E-state index contributed by atoms with van der Waals surface area (Å²) >= 11 is 0. The summed E-state index contributed by atoms with van der Waals surface area (Å²) in [4.78, 5) is 28.8. The molecule has 1 heterocycles. The molecule has 27 heavy (non-hydrogen) atoms. The molecule has 1 aliphatic rings. The number of rotatable bonds is 7. The van der Waals surface area contributed by atoms with Crippen molar-refractivity contribution >= 4 is 11.8 Å². The maximum atomic E-state index is 12.4. The summed E-state index contributed by atoms with van der Waals surface area (Å²) in [6, 6.07) is 12.1. The first-order chi connectivity index (χ1) is 13.2. The second-order valence-corrected chi connectivity index (χ2v) is 7.12. The van der Waals surface area contributed by atoms with Gasteiger partial charge >= 0.3 is 0 Å². The van der Waals surface area contributed by atoms with E-state index in [2.05, 4.69) is 27.8 Å². The summed E-state index contributed by atoms with van der Waals surface area (Å²) in [7, 11) is 0. The molecule has 142 valence electrons. The molecule has 5 nitrogen and oxygen atoms in total. The predicted molar refractivity (Wildman–Crippen MR) is 106 cm³/mol. The summed E-state index contributed by atoms with van der Waals surface area (Å²) in [5, 5.41) is 5.97. The molecule has 0 saturated heterocycles. The van der Waals surface area contributed by atoms with Gasteiger partial charge in [-0.25, -0.2) is 0 Å². The zero-order chi connectivity index (χ0) is 18.9. The lowest BCUT2D eigenvalue weighted by molar-refractivity contribution is 0.0927. The van der Waals surface area contributed by atoms with Gasteiger partial charge in [0.05, 0.1) is 11.1 Å². The number of hydrogen-bond acceptors (Lipinski definition) is 3. The van der Waals surface area contributed by atoms with Crippen molar-refractivity contribution in [1.82, 2.24) is 15.6 Å². The van der Waals surface area contributed by atoms with Crippen LogP contribution < -0.4 is 10.6 Å². The standard InChI is InChI=1S/C22H27N3O2/c26-21(24-13-7-10-17-8-3-1-4-9-17)18-14-19(16-23-15-18)22(27)25-20-11-5-2-6-12-20/h1,3-4,8-9,14-16,20H,2,5-7,10-13H2,(H,24,26)(H,25,27). The molecule has 1 fully saturated rings. The second-order valence-electron chi connectivity index (χ2n) is 7.12. The zero-order valence-corrected chi connectivity index (χ0v) is 15.6. The maximum Gasteiger partial charge on any atom is 0.253 e. The van der Waals surface area contributed by atoms with Gasteiger partial charge in [-0.05, 0) is 37.3 Å². The van der Waals surface area contributed by atoms with E-state index in [9.17, 15) is 9.59 Å². The van der Waals surface area contributed by atoms with Crippen molar-refractivity contribution in [1.29, 1.82) is 0 Å². The molecular weight excluding hydrogens is 338 g/mol. The van der Waals surface area contributed by atoms with Gasteiger partial charge in [0.1, 0.15) is 0 Å². The molecule has 0 spiro atoms. The Hall–Kier alpha value is -2.69. The molecule has 2 N–H and O–H groups in total. The second kappa shape index (κ2) is 9.86. The SMILES string of the molecule is O=C(NCCCc1ccccc1)c1cncc(C(=O)NC2CCCCC2)c1. The van der Waals surface area contributed by atoms with Crippen LogP contribution >= 0.6 is 0 Å². The van der Waals surface area contributed by atoms with E-state index in [-0.39, 0.29) is 17.9 Å². The molecule has 2 aromatic rings. The van der Waals surface area contributed by atoms with E-state index >= 15 is 0 Å². The van der Waals surface area contributed by atoms with Gasteiger partial charge in [-0.15, -0.1) is 0 Å². The van der Waals surface area contributed by atoms with Gasteiger partial charge in [-0.3, -0.25) is 14.6 Å². The van der Waals surface area contributed by atoms with Crippen LogP contribution in [0.3, 0.4) is 0 Å². The van der Waals surface area contributed by atoms with Crippen molar-refractivity contribution in [3.05, 3.63) is 65.5 Å². The molecule has 0 bridgehead atoms. The van der Waals surface area contributed by atoms with Crippen molar-refractivity contribution in [3.63, 3.8) is 0 Å². The molecular formula is C22H27N3O2. The largest absolute Gasteiger partial charge is 0.352 e. The third-order valence-electron chi connectivity index (χ3n) is 4.97. The number of nitrogens with one attached hydrogen (secondary N) is 2. The topological polar surface area (TPSA) is 71.1 Å². The Bertz CT molecular complexity index is 755. The van der Waals surface area contributed by atoms with Crippen molar-refractivity contribution in [2.75, 3.05) is 6.54 Å². The highest BCUT2D eigenvalue weighted by atomic mass is 16.2. The summed E-state index contributed by atoms with van der Waals surface area (Å²) in [6.07, 6.45) is 10.4. The lowest BCUT2D eigenvalue weighted by atomic mass is 9.95. The lowest BCUT2D eigenvalue weighted by Crippen LogP contribution is -2.36. The highest BCUT2D eigenvalue weighted by molar-refractivity contribution is 5.99. The van der Waals surface area contributed by atoms with Gasteiger partial charge in [-0.2, -0.15) is 0 Å². The van der Waals surface area contributed by atoms with Crippen molar-refractivity contribution < 1.29 is 9.59 Å². The van der Waals surface area contributed by atoms with Crippen LogP contribution in [0.4, 0.5) is 0 Å². The van der Waals surface area contributed by atoms with Gasteiger partial charge < -0.3 is 10.6 Å². The number of hydrogen-bond donors (Lipinski definition) is 2. The smallest absolute Gasteiger partial charge is 0.253 e. The highest BCUT2D eigenvalue weighted by Crippen LogP contribution is 2.18. The third kappa shape index (κ3) is 5.91. The zero-order valence-electron chi connectivity index (χ0n) is 15.6. The van der Waals surface area contributed by atoms with Crippen LogP contribution in [0, 0.1) is 0 Å². The molecule has 1 aromatic carbocycles. The van der Waals surface area contributed by atoms with E-state index in [1.807, 2.05) is 18.2 Å². The Kier molecular flexibility index (Phi) is 6.97. The molecule has 5 heteroatoms. The van der Waals surface area contributed by atoms with E-state index in [1.54, 1.807) is 6.07 Å². The summed E-state index contributed by atoms with van der Waals surface area (Å²) in [6.45, 7) is 0.590. The van der Waals surface area contributed by atoms with Crippen LogP contribution in [0.5, 0.6) is 0 Å². The normalized spacial score (nSPS) is 14.5. The number of benzene rings is 1. The van der Waals surface area contributed by atoms with E-state index in [0.29, 0.717) is 17.7 Å². The molecule has 2 amide bonds. The molecule has 0 aliphatic heterocycles. The van der Waals surface area contributed by atoms with E-state index < -0.39 is 0 Å². The van der Waals surface area contributed by atoms with Crippen molar-refractivity contribution in [2.45, 2.75) is 51.0 Å². The van der Waals surface area contributed by atoms with Crippen LogP contribution in [-0.4, -0.2) is 29.4 Å². The minimum atomic E-state index is -0.192. The number of aromatic nitrogens is 1. The summed E-state index contributed by atoms with van der Waals surface area (Å²) < 4.78 is 0. The minimum Gasteiger partial charge on any atom is -0.352 e. The van der Waals surface area contributed by atoms with E-state index in [0.717, 1.165) is 38.5 Å². The van der Waals surface area contributed by atoms with Gasteiger partial charge in [-0.1, -0.05) is 49.6 Å². The van der Waals surface area contributed by atoms with Crippen LogP contribution in [0.25, 0.3) is 0 Å². The summed E-state index contributed by atoms with van der Waals surface area (Å²) in [5.41, 5.74) is 2.12. The third-order valence-corrected chi connectivity index (χ3v) is 4.97. The minimum absolute atomic E-state index is 0.145. The molecule has 0 radical (unpaired) electrons. The molecule has 3 rings (SSSR count). The fraction of sp³-hybridized carbons (Fsp3) is 0.409. The van der Waals surface area contributed by atoms with Crippen molar-refractivity contribution in [2.24, 2.45) is 0 Å². The van der Waals surface area contributed by atoms with Gasteiger partial charge in [0.15, 0.2) is 0 Å². The van der Waals surface area contributed by atoms with Crippen LogP contribution in [-0.2, 0) is 6.42 Å². The van der Waals surface area contributed by atoms with Crippen LogP contribution in [0.1, 0.15) is 64.8 Å². The number of carbonyl (C=O) groups excluding carboxylic acids is 2. The number of carbonyl (C=O) groups is 2. The summed E-state index contributed by atoms with van der Waals surface area (Å²) in [5.74, 6) is -0.337. The number of nitrogens with zero attached hydrogens (tertiary/aromatic N) is 1. The van der Waals surface area contributed by atoms with Crippen LogP contribution in [0.15, 0.2) is 48.8 Å².